The highest BCUT2D eigenvalue weighted by Gasteiger charge is 2.59. The zero-order valence-corrected chi connectivity index (χ0v) is 24.4. The average Bonchev–Trinajstić information content (AvgIpc) is 3.18. The lowest BCUT2D eigenvalue weighted by molar-refractivity contribution is -0.144. The molecule has 1 amide bonds. The molecule has 0 bridgehead atoms. The molecule has 5 heteroatoms. The highest BCUT2D eigenvalue weighted by Crippen LogP contribution is 2.67. The van der Waals surface area contributed by atoms with Crippen LogP contribution in [0.5, 0.6) is 0 Å². The quantitative estimate of drug-likeness (QED) is 0.269. The molecule has 3 unspecified atom stereocenters. The average molecular weight is 516 g/mol. The van der Waals surface area contributed by atoms with E-state index in [0.29, 0.717) is 17.9 Å². The normalized spacial score (nSPS) is 38.0. The summed E-state index contributed by atoms with van der Waals surface area (Å²) in [5.41, 5.74) is 1.71. The maximum Gasteiger partial charge on any atom is 0.306 e. The Morgan fingerprint density at radius 3 is 2.59 bits per heavy atom. The molecule has 210 valence electrons. The summed E-state index contributed by atoms with van der Waals surface area (Å²) in [6.45, 7) is 13.6. The summed E-state index contributed by atoms with van der Waals surface area (Å²) < 4.78 is 4.96. The molecular weight excluding hydrogens is 462 g/mol. The number of nitrogens with one attached hydrogen (secondary N) is 1. The lowest BCUT2D eigenvalue weighted by Gasteiger charge is -2.58. The Labute approximate surface area is 225 Å². The molecule has 0 aromatic rings. The standard InChI is InChI=1S/C32H53NO4/c1-7-37-29(35)13-12-28(34)33-23-15-18-31(5)22(20-23)8-9-24-26-11-10-25(21(2)14-17-30(3,4)36)32(26,6)19-16-27(24)31/h8,21,23-27,36H,7,9-20H2,1-6H3,(H,33,34)/t21?,23-,24?,25+,26?,27-,31-,32+/m0/s1. The summed E-state index contributed by atoms with van der Waals surface area (Å²) in [4.78, 5) is 24.1. The van der Waals surface area contributed by atoms with E-state index in [2.05, 4.69) is 32.2 Å². The van der Waals surface area contributed by atoms with Crippen molar-refractivity contribution in [3.05, 3.63) is 11.6 Å². The third-order valence-electron chi connectivity index (χ3n) is 11.3. The van der Waals surface area contributed by atoms with Crippen LogP contribution in [0.3, 0.4) is 0 Å². The van der Waals surface area contributed by atoms with Crippen LogP contribution < -0.4 is 5.32 Å². The first kappa shape index (κ1) is 28.6. The monoisotopic (exact) mass is 515 g/mol. The summed E-state index contributed by atoms with van der Waals surface area (Å²) >= 11 is 0. The van der Waals surface area contributed by atoms with Crippen molar-refractivity contribution in [2.75, 3.05) is 6.61 Å². The van der Waals surface area contributed by atoms with Crippen molar-refractivity contribution in [3.8, 4) is 0 Å². The summed E-state index contributed by atoms with van der Waals surface area (Å²) in [6.07, 6.45) is 14.7. The minimum Gasteiger partial charge on any atom is -0.466 e. The van der Waals surface area contributed by atoms with Gasteiger partial charge in [0, 0.05) is 12.5 Å². The van der Waals surface area contributed by atoms with Gasteiger partial charge in [-0.1, -0.05) is 32.4 Å². The minimum atomic E-state index is -0.566. The number of allylic oxidation sites excluding steroid dienone is 1. The van der Waals surface area contributed by atoms with E-state index in [9.17, 15) is 14.7 Å². The van der Waals surface area contributed by atoms with Gasteiger partial charge in [-0.15, -0.1) is 0 Å². The molecule has 0 aromatic carbocycles. The molecule has 4 aliphatic rings. The Morgan fingerprint density at radius 2 is 1.89 bits per heavy atom. The van der Waals surface area contributed by atoms with Gasteiger partial charge in [0.1, 0.15) is 0 Å². The summed E-state index contributed by atoms with van der Waals surface area (Å²) in [5.74, 6) is 3.49. The zero-order chi connectivity index (χ0) is 27.0. The molecule has 0 aromatic heterocycles. The topological polar surface area (TPSA) is 75.6 Å². The van der Waals surface area contributed by atoms with Gasteiger partial charge in [-0.3, -0.25) is 9.59 Å². The smallest absolute Gasteiger partial charge is 0.306 e. The number of hydrogen-bond acceptors (Lipinski definition) is 4. The van der Waals surface area contributed by atoms with Gasteiger partial charge in [-0.25, -0.2) is 0 Å². The van der Waals surface area contributed by atoms with Gasteiger partial charge in [0.05, 0.1) is 18.6 Å². The van der Waals surface area contributed by atoms with Gasteiger partial charge in [0.15, 0.2) is 0 Å². The number of fused-ring (bicyclic) bond motifs is 5. The summed E-state index contributed by atoms with van der Waals surface area (Å²) in [6, 6.07) is 0.187. The number of aliphatic hydroxyl groups is 1. The summed E-state index contributed by atoms with van der Waals surface area (Å²) in [5, 5.41) is 13.5. The molecule has 3 saturated carbocycles. The number of carbonyl (C=O) groups is 2. The van der Waals surface area contributed by atoms with Gasteiger partial charge in [0.25, 0.3) is 0 Å². The number of hydrogen-bond donors (Lipinski definition) is 2. The maximum atomic E-state index is 12.5. The van der Waals surface area contributed by atoms with Crippen molar-refractivity contribution in [2.24, 2.45) is 40.4 Å². The Kier molecular flexibility index (Phi) is 8.53. The molecule has 37 heavy (non-hydrogen) atoms. The van der Waals surface area contributed by atoms with Gasteiger partial charge < -0.3 is 15.2 Å². The van der Waals surface area contributed by atoms with Crippen molar-refractivity contribution < 1.29 is 19.4 Å². The van der Waals surface area contributed by atoms with Gasteiger partial charge in [0.2, 0.25) is 5.91 Å². The van der Waals surface area contributed by atoms with Crippen LogP contribution >= 0.6 is 0 Å². The largest absolute Gasteiger partial charge is 0.466 e. The first-order valence-electron chi connectivity index (χ1n) is 15.2. The molecule has 0 heterocycles. The molecule has 0 spiro atoms. The molecule has 2 N–H and O–H groups in total. The Morgan fingerprint density at radius 1 is 1.14 bits per heavy atom. The molecule has 5 nitrogen and oxygen atoms in total. The van der Waals surface area contributed by atoms with Crippen LogP contribution in [0, 0.1) is 40.4 Å². The van der Waals surface area contributed by atoms with Crippen molar-refractivity contribution in [1.29, 1.82) is 0 Å². The number of amides is 1. The van der Waals surface area contributed by atoms with Gasteiger partial charge in [-0.05, 0) is 125 Å². The fraction of sp³-hybridized carbons (Fsp3) is 0.875. The second-order valence-electron chi connectivity index (χ2n) is 14.1. The van der Waals surface area contributed by atoms with E-state index in [1.807, 2.05) is 13.8 Å². The second-order valence-corrected chi connectivity index (χ2v) is 14.1. The van der Waals surface area contributed by atoms with Crippen molar-refractivity contribution in [2.45, 2.75) is 130 Å². The lowest BCUT2D eigenvalue weighted by atomic mass is 9.47. The molecule has 0 saturated heterocycles. The molecule has 3 fully saturated rings. The fourth-order valence-electron chi connectivity index (χ4n) is 9.29. The summed E-state index contributed by atoms with van der Waals surface area (Å²) in [7, 11) is 0. The molecular formula is C32H53NO4. The first-order valence-corrected chi connectivity index (χ1v) is 15.2. The molecule has 0 aliphatic heterocycles. The number of carbonyl (C=O) groups excluding carboxylic acids is 2. The van der Waals surface area contributed by atoms with E-state index < -0.39 is 5.60 Å². The van der Waals surface area contributed by atoms with Crippen LogP contribution in [0.4, 0.5) is 0 Å². The number of ether oxygens (including phenoxy) is 1. The van der Waals surface area contributed by atoms with Crippen LogP contribution in [0.25, 0.3) is 0 Å². The maximum absolute atomic E-state index is 12.5. The van der Waals surface area contributed by atoms with Crippen molar-refractivity contribution in [3.63, 3.8) is 0 Å². The fourth-order valence-corrected chi connectivity index (χ4v) is 9.29. The number of rotatable bonds is 9. The highest BCUT2D eigenvalue weighted by molar-refractivity contribution is 5.81. The Hall–Kier alpha value is -1.36. The zero-order valence-electron chi connectivity index (χ0n) is 24.4. The lowest BCUT2D eigenvalue weighted by Crippen LogP contribution is -2.52. The Bertz CT molecular complexity index is 875. The van der Waals surface area contributed by atoms with Gasteiger partial charge >= 0.3 is 5.97 Å². The van der Waals surface area contributed by atoms with Crippen LogP contribution in [0.15, 0.2) is 11.6 Å². The molecule has 8 atom stereocenters. The van der Waals surface area contributed by atoms with E-state index in [0.717, 1.165) is 55.8 Å². The van der Waals surface area contributed by atoms with Crippen LogP contribution in [-0.2, 0) is 14.3 Å². The van der Waals surface area contributed by atoms with E-state index in [1.165, 1.54) is 32.1 Å². The first-order chi connectivity index (χ1) is 17.4. The predicted molar refractivity (Wildman–Crippen MR) is 148 cm³/mol. The van der Waals surface area contributed by atoms with Crippen LogP contribution in [-0.4, -0.2) is 35.2 Å². The van der Waals surface area contributed by atoms with E-state index in [1.54, 1.807) is 12.5 Å². The second kappa shape index (κ2) is 11.0. The van der Waals surface area contributed by atoms with Crippen molar-refractivity contribution in [1.82, 2.24) is 5.32 Å². The number of esters is 1. The molecule has 4 rings (SSSR count). The van der Waals surface area contributed by atoms with Crippen LogP contribution in [0.2, 0.25) is 0 Å². The van der Waals surface area contributed by atoms with Gasteiger partial charge in [-0.2, -0.15) is 0 Å². The van der Waals surface area contributed by atoms with E-state index >= 15 is 0 Å². The Balaban J connectivity index is 1.38. The third kappa shape index (κ3) is 5.97. The van der Waals surface area contributed by atoms with E-state index in [-0.39, 0.29) is 36.2 Å². The van der Waals surface area contributed by atoms with Crippen molar-refractivity contribution >= 4 is 11.9 Å². The predicted octanol–water partition coefficient (Wildman–Crippen LogP) is 6.58. The van der Waals surface area contributed by atoms with E-state index in [4.69, 9.17) is 4.74 Å². The van der Waals surface area contributed by atoms with Crippen LogP contribution in [0.1, 0.15) is 119 Å². The minimum absolute atomic E-state index is 0.0277. The highest BCUT2D eigenvalue weighted by atomic mass is 16.5. The molecule has 0 radical (unpaired) electrons. The molecule has 4 aliphatic carbocycles. The third-order valence-corrected chi connectivity index (χ3v) is 11.3. The SMILES string of the molecule is CCOC(=O)CCC(=O)N[C@H]1CC[C@@]2(C)C(=CCC3C4CC[C@H](C(C)CCC(C)(C)O)[C@@]4(C)CC[C@@H]32)C1.